The number of carbonyl (C=O) groups is 1. The van der Waals surface area contributed by atoms with Crippen LogP contribution in [0.25, 0.3) is 27.9 Å². The summed E-state index contributed by atoms with van der Waals surface area (Å²) in [6, 6.07) is 15.0. The average molecular weight is 499 g/mol. The summed E-state index contributed by atoms with van der Waals surface area (Å²) in [4.78, 5) is 30.7. The largest absolute Gasteiger partial charge is 0.508 e. The van der Waals surface area contributed by atoms with Crippen LogP contribution in [0.3, 0.4) is 0 Å². The first-order valence-corrected chi connectivity index (χ1v) is 12.0. The highest BCUT2D eigenvalue weighted by Crippen LogP contribution is 2.29. The second kappa shape index (κ2) is 8.47. The summed E-state index contributed by atoms with van der Waals surface area (Å²) < 4.78 is 3.32. The first-order chi connectivity index (χ1) is 17.8. The van der Waals surface area contributed by atoms with E-state index in [1.165, 1.54) is 6.33 Å². The third-order valence-corrected chi connectivity index (χ3v) is 6.95. The summed E-state index contributed by atoms with van der Waals surface area (Å²) in [6.07, 6.45) is 3.28. The van der Waals surface area contributed by atoms with Gasteiger partial charge >= 0.3 is 5.97 Å². The predicted octanol–water partition coefficient (Wildman–Crippen LogP) is 3.02. The molecule has 11 heteroatoms. The molecular weight excluding hydrogens is 472 g/mol. The molecule has 4 heterocycles. The standard InChI is InChI=1S/C26H26N8O3/c1-26(2,24(36)37)33-16-27-21-22(33)29-25(30-23(21)34-20-6-4-3-5-17(20)15-28-34)32-13-11-31(12-14-32)18-7-9-19(35)10-8-18/h3-10,15-16,35H,11-14H2,1-2H3,(H,36,37). The number of nitrogens with zero attached hydrogens (tertiary/aromatic N) is 8. The van der Waals surface area contributed by atoms with E-state index in [2.05, 4.69) is 19.9 Å². The molecule has 0 spiro atoms. The molecule has 0 aliphatic carbocycles. The lowest BCUT2D eigenvalue weighted by Crippen LogP contribution is -2.47. The van der Waals surface area contributed by atoms with Crippen molar-refractivity contribution in [2.24, 2.45) is 0 Å². The van der Waals surface area contributed by atoms with Gasteiger partial charge < -0.3 is 20.0 Å². The molecule has 1 aliphatic heterocycles. The molecule has 5 aromatic rings. The molecule has 188 valence electrons. The summed E-state index contributed by atoms with van der Waals surface area (Å²) in [5, 5.41) is 25.0. The highest BCUT2D eigenvalue weighted by molar-refractivity contribution is 5.87. The number of carboxylic acid groups (broad SMARTS) is 1. The Kier molecular flexibility index (Phi) is 5.21. The maximum Gasteiger partial charge on any atom is 0.329 e. The van der Waals surface area contributed by atoms with Crippen molar-refractivity contribution in [2.45, 2.75) is 19.4 Å². The Labute approximate surface area is 212 Å². The van der Waals surface area contributed by atoms with E-state index >= 15 is 0 Å². The number of phenols is 1. The van der Waals surface area contributed by atoms with Gasteiger partial charge in [0.2, 0.25) is 5.95 Å². The third-order valence-electron chi connectivity index (χ3n) is 6.95. The molecule has 37 heavy (non-hydrogen) atoms. The number of aliphatic carboxylic acids is 1. The number of rotatable bonds is 5. The van der Waals surface area contributed by atoms with Gasteiger partial charge in [0.1, 0.15) is 11.3 Å². The Morgan fingerprint density at radius 1 is 0.946 bits per heavy atom. The number of anilines is 2. The summed E-state index contributed by atoms with van der Waals surface area (Å²) in [5.41, 5.74) is 1.57. The van der Waals surface area contributed by atoms with Gasteiger partial charge in [0.05, 0.1) is 18.0 Å². The molecule has 0 bridgehead atoms. The molecule has 0 atom stereocenters. The van der Waals surface area contributed by atoms with Crippen LogP contribution in [0.1, 0.15) is 13.8 Å². The molecule has 1 aliphatic rings. The van der Waals surface area contributed by atoms with E-state index in [9.17, 15) is 15.0 Å². The van der Waals surface area contributed by atoms with Crippen LogP contribution < -0.4 is 9.80 Å². The molecule has 0 radical (unpaired) electrons. The second-order valence-electron chi connectivity index (χ2n) is 9.60. The zero-order chi connectivity index (χ0) is 25.7. The summed E-state index contributed by atoms with van der Waals surface area (Å²) in [7, 11) is 0. The lowest BCUT2D eigenvalue weighted by atomic mass is 10.1. The van der Waals surface area contributed by atoms with Gasteiger partial charge in [-0.25, -0.2) is 14.5 Å². The van der Waals surface area contributed by atoms with Crippen LogP contribution in [-0.4, -0.2) is 71.7 Å². The molecular formula is C26H26N8O3. The summed E-state index contributed by atoms with van der Waals surface area (Å²) in [5.74, 6) is 0.252. The summed E-state index contributed by atoms with van der Waals surface area (Å²) in [6.45, 7) is 6.07. The number of fused-ring (bicyclic) bond motifs is 2. The van der Waals surface area contributed by atoms with E-state index in [0.717, 1.165) is 29.7 Å². The maximum atomic E-state index is 12.1. The Balaban J connectivity index is 1.44. The smallest absolute Gasteiger partial charge is 0.329 e. The topological polar surface area (TPSA) is 125 Å². The van der Waals surface area contributed by atoms with Gasteiger partial charge in [0.15, 0.2) is 17.0 Å². The van der Waals surface area contributed by atoms with Crippen LogP contribution in [0.5, 0.6) is 5.75 Å². The highest BCUT2D eigenvalue weighted by Gasteiger charge is 2.33. The Morgan fingerprint density at radius 3 is 2.38 bits per heavy atom. The minimum atomic E-state index is -1.26. The van der Waals surface area contributed by atoms with Crippen LogP contribution in [0.2, 0.25) is 0 Å². The number of hydrogen-bond donors (Lipinski definition) is 2. The molecule has 11 nitrogen and oxygen atoms in total. The monoisotopic (exact) mass is 498 g/mol. The van der Waals surface area contributed by atoms with Gasteiger partial charge in [-0.3, -0.25) is 4.57 Å². The number of piperazine rings is 1. The van der Waals surface area contributed by atoms with E-state index in [1.807, 2.05) is 36.4 Å². The minimum Gasteiger partial charge on any atom is -0.508 e. The quantitative estimate of drug-likeness (QED) is 0.376. The number of para-hydroxylation sites is 1. The van der Waals surface area contributed by atoms with E-state index in [1.54, 1.807) is 41.4 Å². The van der Waals surface area contributed by atoms with Gasteiger partial charge in [-0.2, -0.15) is 15.1 Å². The first-order valence-electron chi connectivity index (χ1n) is 12.0. The zero-order valence-corrected chi connectivity index (χ0v) is 20.5. The number of imidazole rings is 1. The van der Waals surface area contributed by atoms with Crippen molar-refractivity contribution >= 4 is 39.7 Å². The molecule has 2 N–H and O–H groups in total. The van der Waals surface area contributed by atoms with Crippen molar-refractivity contribution in [3.05, 3.63) is 61.1 Å². The number of carboxylic acids is 1. The van der Waals surface area contributed by atoms with Crippen LogP contribution in [0.4, 0.5) is 11.6 Å². The highest BCUT2D eigenvalue weighted by atomic mass is 16.4. The van der Waals surface area contributed by atoms with Crippen LogP contribution in [0, 0.1) is 0 Å². The molecule has 0 amide bonds. The van der Waals surface area contributed by atoms with Gasteiger partial charge in [-0.1, -0.05) is 18.2 Å². The van der Waals surface area contributed by atoms with Crippen molar-refractivity contribution in [3.8, 4) is 11.6 Å². The molecule has 3 aromatic heterocycles. The van der Waals surface area contributed by atoms with Crippen LogP contribution >= 0.6 is 0 Å². The fraction of sp³-hybridized carbons (Fsp3) is 0.269. The molecule has 6 rings (SSSR count). The zero-order valence-electron chi connectivity index (χ0n) is 20.5. The Hall–Kier alpha value is -4.67. The SMILES string of the molecule is CC(C)(C(=O)O)n1cnc2c(-n3ncc4ccccc43)nc(N3CCN(c4ccc(O)cc4)CC3)nc21. The lowest BCUT2D eigenvalue weighted by Gasteiger charge is -2.36. The molecule has 2 aromatic carbocycles. The van der Waals surface area contributed by atoms with Gasteiger partial charge in [-0.15, -0.1) is 0 Å². The van der Waals surface area contributed by atoms with Crippen molar-refractivity contribution in [2.75, 3.05) is 36.0 Å². The van der Waals surface area contributed by atoms with Crippen molar-refractivity contribution in [3.63, 3.8) is 0 Å². The number of benzene rings is 2. The van der Waals surface area contributed by atoms with E-state index in [-0.39, 0.29) is 5.75 Å². The van der Waals surface area contributed by atoms with Crippen molar-refractivity contribution in [1.82, 2.24) is 29.3 Å². The maximum absolute atomic E-state index is 12.1. The average Bonchev–Trinajstić information content (AvgIpc) is 3.54. The lowest BCUT2D eigenvalue weighted by molar-refractivity contribution is -0.145. The second-order valence-corrected chi connectivity index (χ2v) is 9.60. The minimum absolute atomic E-state index is 0.239. The van der Waals surface area contributed by atoms with E-state index in [0.29, 0.717) is 36.0 Å². The van der Waals surface area contributed by atoms with E-state index < -0.39 is 11.5 Å². The Morgan fingerprint density at radius 2 is 1.65 bits per heavy atom. The van der Waals surface area contributed by atoms with E-state index in [4.69, 9.17) is 9.97 Å². The predicted molar refractivity (Wildman–Crippen MR) is 139 cm³/mol. The Bertz CT molecular complexity index is 1610. The number of phenolic OH excluding ortho intramolecular Hbond substituents is 1. The van der Waals surface area contributed by atoms with Crippen LogP contribution in [-0.2, 0) is 10.3 Å². The molecule has 1 saturated heterocycles. The normalized spacial score (nSPS) is 14.5. The third kappa shape index (κ3) is 3.79. The van der Waals surface area contributed by atoms with Gasteiger partial charge in [-0.05, 0) is 44.2 Å². The first kappa shape index (κ1) is 22.8. The summed E-state index contributed by atoms with van der Waals surface area (Å²) >= 11 is 0. The molecule has 0 unspecified atom stereocenters. The van der Waals surface area contributed by atoms with Crippen molar-refractivity contribution in [1.29, 1.82) is 0 Å². The number of aromatic nitrogens is 6. The fourth-order valence-corrected chi connectivity index (χ4v) is 4.64. The van der Waals surface area contributed by atoms with Crippen LogP contribution in [0.15, 0.2) is 61.1 Å². The number of hydrogen-bond acceptors (Lipinski definition) is 8. The fourth-order valence-electron chi connectivity index (χ4n) is 4.64. The van der Waals surface area contributed by atoms with Crippen molar-refractivity contribution < 1.29 is 15.0 Å². The van der Waals surface area contributed by atoms with Gasteiger partial charge in [0.25, 0.3) is 0 Å². The number of aromatic hydroxyl groups is 1. The molecule has 1 fully saturated rings. The van der Waals surface area contributed by atoms with Gasteiger partial charge in [0, 0.05) is 37.3 Å². The molecule has 0 saturated carbocycles.